The van der Waals surface area contributed by atoms with Crippen LogP contribution in [0.3, 0.4) is 0 Å². The predicted molar refractivity (Wildman–Crippen MR) is 94.8 cm³/mol. The number of piperazine rings is 1. The van der Waals surface area contributed by atoms with Crippen molar-refractivity contribution >= 4 is 24.2 Å². The van der Waals surface area contributed by atoms with Crippen molar-refractivity contribution in [2.24, 2.45) is 0 Å². The Labute approximate surface area is 172 Å². The Kier molecular flexibility index (Phi) is 13.2. The van der Waals surface area contributed by atoms with Gasteiger partial charge in [-0.15, -0.1) is 6.07 Å². The number of rotatable bonds is 6. The third-order valence-electron chi connectivity index (χ3n) is 3.69. The number of benzene rings is 1. The second-order valence-corrected chi connectivity index (χ2v) is 5.41. The van der Waals surface area contributed by atoms with Crippen molar-refractivity contribution in [2.75, 3.05) is 38.1 Å². The van der Waals surface area contributed by atoms with Gasteiger partial charge in [0.05, 0.1) is 0 Å². The second kappa shape index (κ2) is 13.9. The minimum atomic E-state index is -0.00292. The van der Waals surface area contributed by atoms with Crippen molar-refractivity contribution < 1.29 is 43.9 Å². The minimum absolute atomic E-state index is 0. The maximum absolute atomic E-state index is 10.5. The molecule has 1 aromatic carbocycles. The van der Waals surface area contributed by atoms with Crippen LogP contribution in [-0.2, 0) is 14.4 Å². The fraction of sp³-hybridized carbons (Fsp3) is 0.444. The molecule has 0 unspecified atom stereocenters. The van der Waals surface area contributed by atoms with Gasteiger partial charge in [0.2, 0.25) is 5.91 Å². The smallest absolute Gasteiger partial charge is 0.391 e. The number of carbonyl (C=O) groups is 2. The molecule has 1 heterocycles. The van der Waals surface area contributed by atoms with Gasteiger partial charge in [-0.1, -0.05) is 0 Å². The first-order chi connectivity index (χ1) is 11.6. The van der Waals surface area contributed by atoms with E-state index >= 15 is 0 Å². The van der Waals surface area contributed by atoms with E-state index in [1.54, 1.807) is 13.1 Å². The maximum Gasteiger partial charge on any atom is 1.00 e. The van der Waals surface area contributed by atoms with Crippen LogP contribution in [0.1, 0.15) is 30.4 Å². The summed E-state index contributed by atoms with van der Waals surface area (Å²) in [6, 6.07) is 5.69. The summed E-state index contributed by atoms with van der Waals surface area (Å²) in [6.45, 7) is 7.87. The van der Waals surface area contributed by atoms with Gasteiger partial charge in [0, 0.05) is 46.1 Å². The molecule has 0 aliphatic carbocycles. The first kappa shape index (κ1) is 23.7. The minimum Gasteiger partial charge on any atom is -0.391 e. The van der Waals surface area contributed by atoms with Crippen molar-refractivity contribution in [2.45, 2.75) is 19.3 Å². The monoisotopic (exact) mass is 354 g/mol. The topological polar surface area (TPSA) is 78.5 Å². The van der Waals surface area contributed by atoms with Gasteiger partial charge < -0.3 is 25.1 Å². The first-order valence-electron chi connectivity index (χ1n) is 8.06. The summed E-state index contributed by atoms with van der Waals surface area (Å²) in [7, 11) is 1.59. The van der Waals surface area contributed by atoms with Crippen molar-refractivity contribution in [1.82, 2.24) is 10.6 Å². The Bertz CT molecular complexity index is 546. The Hall–Kier alpha value is -1.34. The summed E-state index contributed by atoms with van der Waals surface area (Å²) in [5, 5.41) is 5.77. The van der Waals surface area contributed by atoms with Crippen LogP contribution >= 0.6 is 0 Å². The van der Waals surface area contributed by atoms with Crippen LogP contribution in [0.2, 0.25) is 0 Å². The van der Waals surface area contributed by atoms with Gasteiger partial charge in [0.15, 0.2) is 0 Å². The van der Waals surface area contributed by atoms with Crippen molar-refractivity contribution in [3.63, 3.8) is 0 Å². The molecule has 0 atom stereocenters. The molecule has 7 heteroatoms. The summed E-state index contributed by atoms with van der Waals surface area (Å²) in [5.74, 6) is -0.00292. The molecule has 6 nitrogen and oxygen atoms in total. The zero-order valence-corrected chi connectivity index (χ0v) is 17.1. The van der Waals surface area contributed by atoms with Gasteiger partial charge in [-0.2, -0.15) is 6.07 Å². The normalized spacial score (nSPS) is 12.9. The number of unbranched alkanes of at least 4 members (excludes halogenated alkanes) is 1. The number of nitrogens with one attached hydrogen (secondary N) is 2. The Balaban J connectivity index is 0.000000504. The summed E-state index contributed by atoms with van der Waals surface area (Å²) in [5.41, 5.74) is 2.44. The van der Waals surface area contributed by atoms with Gasteiger partial charge in [0.25, 0.3) is 0 Å². The van der Waals surface area contributed by atoms with Crippen molar-refractivity contribution in [1.29, 1.82) is 0 Å². The predicted octanol–water partition coefficient (Wildman–Crippen LogP) is -2.16. The molecular formula is C18H25N3NaO3-. The van der Waals surface area contributed by atoms with E-state index in [4.69, 9.17) is 0 Å². The molecule has 1 amide bonds. The molecule has 0 spiro atoms. The molecule has 1 saturated heterocycles. The second-order valence-electron chi connectivity index (χ2n) is 5.41. The molecule has 0 radical (unpaired) electrons. The Morgan fingerprint density at radius 1 is 1.40 bits per heavy atom. The molecule has 0 saturated carbocycles. The number of hydrogen-bond acceptors (Lipinski definition) is 5. The van der Waals surface area contributed by atoms with E-state index in [1.165, 1.54) is 0 Å². The number of carbonyl (C=O) groups excluding carboxylic acids is 3. The van der Waals surface area contributed by atoms with Gasteiger partial charge in [-0.25, -0.2) is 6.07 Å². The van der Waals surface area contributed by atoms with E-state index in [1.807, 2.05) is 18.4 Å². The molecule has 2 N–H and O–H groups in total. The fourth-order valence-corrected chi connectivity index (χ4v) is 2.27. The molecular weight excluding hydrogens is 329 g/mol. The largest absolute Gasteiger partial charge is 1.00 e. The number of nitrogens with zero attached hydrogens (tertiary/aromatic N) is 1. The molecule has 1 aliphatic rings. The third-order valence-corrected chi connectivity index (χ3v) is 3.69. The van der Waals surface area contributed by atoms with Crippen LogP contribution in [0, 0.1) is 6.92 Å². The molecule has 1 aliphatic heterocycles. The zero-order valence-electron chi connectivity index (χ0n) is 15.1. The third kappa shape index (κ3) is 9.07. The van der Waals surface area contributed by atoms with Crippen LogP contribution in [0.25, 0.3) is 0 Å². The molecule has 1 fully saturated rings. The van der Waals surface area contributed by atoms with E-state index < -0.39 is 0 Å². The standard InChI is InChI=1S/C12H14N2O.C6H11NO2.Na/c1-10-8-12(3-2-11(10)9-15)14-6-4-13-5-7-14;1-7-6(9)4-2-3-5-8;/h2-3,8,13H,1,4-7H2;5H,2-4H2,1H3,(H,7,9);/q-2;;+1. The average Bonchev–Trinajstić information content (AvgIpc) is 2.63. The molecule has 2 rings (SSSR count). The molecule has 132 valence electrons. The van der Waals surface area contributed by atoms with E-state index in [0.29, 0.717) is 24.8 Å². The number of amides is 1. The quantitative estimate of drug-likeness (QED) is 0.263. The van der Waals surface area contributed by atoms with Crippen LogP contribution < -0.4 is 45.1 Å². The average molecular weight is 354 g/mol. The van der Waals surface area contributed by atoms with Crippen LogP contribution in [0.4, 0.5) is 5.69 Å². The van der Waals surface area contributed by atoms with E-state index in [2.05, 4.69) is 22.5 Å². The van der Waals surface area contributed by atoms with Gasteiger partial charge in [0.1, 0.15) is 6.29 Å². The Morgan fingerprint density at radius 2 is 2.08 bits per heavy atom. The first-order valence-corrected chi connectivity index (χ1v) is 8.06. The maximum atomic E-state index is 10.5. The van der Waals surface area contributed by atoms with Gasteiger partial charge in [-0.05, 0) is 18.4 Å². The van der Waals surface area contributed by atoms with Gasteiger partial charge >= 0.3 is 29.6 Å². The zero-order chi connectivity index (χ0) is 17.8. The van der Waals surface area contributed by atoms with E-state index in [9.17, 15) is 14.4 Å². The van der Waals surface area contributed by atoms with Gasteiger partial charge in [-0.3, -0.25) is 22.8 Å². The summed E-state index contributed by atoms with van der Waals surface area (Å²) in [6.07, 6.45) is 4.29. The number of hydrogen-bond donors (Lipinski definition) is 2. The molecule has 1 aromatic rings. The SMILES string of the molecule is CNC(=O)CCCC=O.[CH2-]c1cc(N2CCNCC2)ccc1[C-]=O.[Na+]. The fourth-order valence-electron chi connectivity index (χ4n) is 2.27. The summed E-state index contributed by atoms with van der Waals surface area (Å²) < 4.78 is 0. The number of aldehydes is 1. The summed E-state index contributed by atoms with van der Waals surface area (Å²) >= 11 is 0. The molecule has 25 heavy (non-hydrogen) atoms. The van der Waals surface area contributed by atoms with Crippen LogP contribution in [0.5, 0.6) is 0 Å². The van der Waals surface area contributed by atoms with Crippen LogP contribution in [-0.4, -0.2) is 51.7 Å². The molecule has 0 bridgehead atoms. The Morgan fingerprint density at radius 3 is 2.60 bits per heavy atom. The van der Waals surface area contributed by atoms with Crippen molar-refractivity contribution in [3.8, 4) is 0 Å². The van der Waals surface area contributed by atoms with E-state index in [0.717, 1.165) is 43.7 Å². The van der Waals surface area contributed by atoms with E-state index in [-0.39, 0.29) is 35.5 Å². The van der Waals surface area contributed by atoms with Crippen molar-refractivity contribution in [3.05, 3.63) is 36.2 Å². The number of anilines is 1. The summed E-state index contributed by atoms with van der Waals surface area (Å²) in [4.78, 5) is 33.0. The van der Waals surface area contributed by atoms with Crippen LogP contribution in [0.15, 0.2) is 18.2 Å². The molecule has 0 aromatic heterocycles.